The molecule has 0 bridgehead atoms. The second kappa shape index (κ2) is 6.40. The Hall–Kier alpha value is -1.67. The normalized spacial score (nSPS) is 11.4. The number of hydrogen-bond acceptors (Lipinski definition) is 6. The van der Waals surface area contributed by atoms with Crippen LogP contribution in [0.1, 0.15) is 18.7 Å². The number of anilines is 2. The summed E-state index contributed by atoms with van der Waals surface area (Å²) in [6.45, 7) is 7.57. The summed E-state index contributed by atoms with van der Waals surface area (Å²) in [5.41, 5.74) is 0. The zero-order chi connectivity index (χ0) is 15.5. The van der Waals surface area contributed by atoms with Crippen molar-refractivity contribution in [3.05, 3.63) is 29.1 Å². The van der Waals surface area contributed by atoms with Crippen LogP contribution in [0.3, 0.4) is 0 Å². The molecule has 0 aliphatic carbocycles. The van der Waals surface area contributed by atoms with Gasteiger partial charge in [-0.3, -0.25) is 4.72 Å². The van der Waals surface area contributed by atoms with Crippen LogP contribution in [0.25, 0.3) is 0 Å². The smallest absolute Gasteiger partial charge is 0.272 e. The van der Waals surface area contributed by atoms with Crippen LogP contribution in [-0.4, -0.2) is 31.7 Å². The lowest BCUT2D eigenvalue weighted by Crippen LogP contribution is -2.23. The van der Waals surface area contributed by atoms with E-state index in [0.717, 1.165) is 23.8 Å². The van der Waals surface area contributed by atoms with Gasteiger partial charge in [0, 0.05) is 18.0 Å². The van der Waals surface area contributed by atoms with Crippen LogP contribution < -0.4 is 9.62 Å². The molecule has 21 heavy (non-hydrogen) atoms. The van der Waals surface area contributed by atoms with Crippen LogP contribution in [0, 0.1) is 6.92 Å². The van der Waals surface area contributed by atoms with E-state index in [0.29, 0.717) is 0 Å². The first-order valence-electron chi connectivity index (χ1n) is 6.64. The fourth-order valence-electron chi connectivity index (χ4n) is 1.84. The minimum atomic E-state index is -3.58. The molecule has 2 rings (SSSR count). The minimum absolute atomic E-state index is 0.219. The molecular weight excluding hydrogens is 308 g/mol. The molecule has 0 radical (unpaired) electrons. The summed E-state index contributed by atoms with van der Waals surface area (Å²) in [6, 6.07) is 6.74. The molecule has 0 atom stereocenters. The molecular formula is C13H18N4O2S2. The Balaban J connectivity index is 2.17. The lowest BCUT2D eigenvalue weighted by molar-refractivity contribution is 0.603. The average molecular weight is 326 g/mol. The quantitative estimate of drug-likeness (QED) is 0.882. The molecule has 2 aromatic rings. The molecule has 0 aromatic carbocycles. The van der Waals surface area contributed by atoms with Gasteiger partial charge in [0.1, 0.15) is 4.21 Å². The first kappa shape index (κ1) is 15.7. The van der Waals surface area contributed by atoms with Gasteiger partial charge in [0.05, 0.1) is 0 Å². The van der Waals surface area contributed by atoms with Crippen LogP contribution in [0.15, 0.2) is 28.5 Å². The maximum Gasteiger partial charge on any atom is 0.272 e. The zero-order valence-corrected chi connectivity index (χ0v) is 13.8. The lowest BCUT2D eigenvalue weighted by atomic mass is 10.4. The Kier molecular flexibility index (Phi) is 4.79. The van der Waals surface area contributed by atoms with E-state index >= 15 is 0 Å². The van der Waals surface area contributed by atoms with Crippen LogP contribution in [0.2, 0.25) is 0 Å². The highest BCUT2D eigenvalue weighted by Gasteiger charge is 2.17. The number of nitrogens with zero attached hydrogens (tertiary/aromatic N) is 3. The number of rotatable bonds is 6. The number of hydrogen-bond donors (Lipinski definition) is 1. The molecule has 0 saturated carbocycles. The Morgan fingerprint density at radius 3 is 2.33 bits per heavy atom. The monoisotopic (exact) mass is 326 g/mol. The van der Waals surface area contributed by atoms with Gasteiger partial charge in [-0.2, -0.15) is 0 Å². The number of aromatic nitrogens is 2. The van der Waals surface area contributed by atoms with E-state index in [4.69, 9.17) is 0 Å². The maximum atomic E-state index is 12.2. The van der Waals surface area contributed by atoms with Crippen molar-refractivity contribution in [2.75, 3.05) is 22.7 Å². The molecule has 0 aliphatic heterocycles. The summed E-state index contributed by atoms with van der Waals surface area (Å²) >= 11 is 1.22. The third-order valence-corrected chi connectivity index (χ3v) is 5.80. The van der Waals surface area contributed by atoms with Crippen LogP contribution in [0.5, 0.6) is 0 Å². The van der Waals surface area contributed by atoms with E-state index in [-0.39, 0.29) is 10.0 Å². The van der Waals surface area contributed by atoms with Crippen molar-refractivity contribution in [1.82, 2.24) is 10.2 Å². The topological polar surface area (TPSA) is 75.2 Å². The molecule has 8 heteroatoms. The van der Waals surface area contributed by atoms with Crippen molar-refractivity contribution in [2.24, 2.45) is 0 Å². The molecule has 2 aromatic heterocycles. The minimum Gasteiger partial charge on any atom is -0.356 e. The van der Waals surface area contributed by atoms with Crippen molar-refractivity contribution < 1.29 is 8.42 Å². The molecule has 0 fully saturated rings. The first-order chi connectivity index (χ1) is 9.96. The number of thiophene rings is 1. The molecule has 0 amide bonds. The van der Waals surface area contributed by atoms with E-state index < -0.39 is 10.0 Å². The fourth-order valence-corrected chi connectivity index (χ4v) is 4.12. The summed E-state index contributed by atoms with van der Waals surface area (Å²) in [7, 11) is -3.58. The molecule has 114 valence electrons. The summed E-state index contributed by atoms with van der Waals surface area (Å²) < 4.78 is 27.0. The van der Waals surface area contributed by atoms with Gasteiger partial charge in [-0.05, 0) is 45.0 Å². The van der Waals surface area contributed by atoms with Crippen molar-refractivity contribution in [3.63, 3.8) is 0 Å². The van der Waals surface area contributed by atoms with Crippen LogP contribution in [0.4, 0.5) is 11.6 Å². The number of sulfonamides is 1. The highest BCUT2D eigenvalue weighted by Crippen LogP contribution is 2.23. The van der Waals surface area contributed by atoms with Gasteiger partial charge >= 0.3 is 0 Å². The van der Waals surface area contributed by atoms with Gasteiger partial charge in [-0.1, -0.05) is 0 Å². The van der Waals surface area contributed by atoms with Crippen molar-refractivity contribution >= 4 is 33.0 Å². The second-order valence-corrected chi connectivity index (χ2v) is 7.62. The third-order valence-electron chi connectivity index (χ3n) is 2.96. The average Bonchev–Trinajstić information content (AvgIpc) is 2.89. The van der Waals surface area contributed by atoms with Crippen molar-refractivity contribution in [2.45, 2.75) is 25.0 Å². The van der Waals surface area contributed by atoms with Gasteiger partial charge < -0.3 is 4.90 Å². The van der Waals surface area contributed by atoms with E-state index in [1.165, 1.54) is 11.3 Å². The van der Waals surface area contributed by atoms with E-state index in [1.54, 1.807) is 24.3 Å². The van der Waals surface area contributed by atoms with Crippen molar-refractivity contribution in [3.8, 4) is 0 Å². The SMILES string of the molecule is CCN(CC)c1ccc(NS(=O)(=O)c2ccc(C)s2)nn1. The number of aryl methyl sites for hydroxylation is 1. The van der Waals surface area contributed by atoms with E-state index in [9.17, 15) is 8.42 Å². The van der Waals surface area contributed by atoms with E-state index in [1.807, 2.05) is 25.7 Å². The molecule has 2 heterocycles. The van der Waals surface area contributed by atoms with Gasteiger partial charge in [0.25, 0.3) is 10.0 Å². The summed E-state index contributed by atoms with van der Waals surface area (Å²) in [5, 5.41) is 7.99. The predicted molar refractivity (Wildman–Crippen MR) is 85.5 cm³/mol. The molecule has 0 unspecified atom stereocenters. The Labute approximate surface area is 128 Å². The molecule has 0 saturated heterocycles. The third kappa shape index (κ3) is 3.70. The zero-order valence-electron chi connectivity index (χ0n) is 12.2. The summed E-state index contributed by atoms with van der Waals surface area (Å²) in [6.07, 6.45) is 0. The summed E-state index contributed by atoms with van der Waals surface area (Å²) in [4.78, 5) is 2.98. The summed E-state index contributed by atoms with van der Waals surface area (Å²) in [5.74, 6) is 0.951. The molecule has 0 spiro atoms. The molecule has 6 nitrogen and oxygen atoms in total. The predicted octanol–water partition coefficient (Wildman–Crippen LogP) is 2.49. The van der Waals surface area contributed by atoms with E-state index in [2.05, 4.69) is 14.9 Å². The van der Waals surface area contributed by atoms with Gasteiger partial charge in [-0.25, -0.2) is 8.42 Å². The molecule has 0 aliphatic rings. The van der Waals surface area contributed by atoms with Crippen LogP contribution in [-0.2, 0) is 10.0 Å². The van der Waals surface area contributed by atoms with Crippen LogP contribution >= 0.6 is 11.3 Å². The fraction of sp³-hybridized carbons (Fsp3) is 0.385. The highest BCUT2D eigenvalue weighted by molar-refractivity contribution is 7.94. The first-order valence-corrected chi connectivity index (χ1v) is 8.94. The largest absolute Gasteiger partial charge is 0.356 e. The second-order valence-electron chi connectivity index (χ2n) is 4.42. The van der Waals surface area contributed by atoms with Gasteiger partial charge in [-0.15, -0.1) is 21.5 Å². The maximum absolute atomic E-state index is 12.2. The van der Waals surface area contributed by atoms with Gasteiger partial charge in [0.2, 0.25) is 0 Å². The lowest BCUT2D eigenvalue weighted by Gasteiger charge is -2.18. The Morgan fingerprint density at radius 1 is 1.14 bits per heavy atom. The Morgan fingerprint density at radius 2 is 1.86 bits per heavy atom. The molecule has 1 N–H and O–H groups in total. The van der Waals surface area contributed by atoms with Crippen molar-refractivity contribution in [1.29, 1.82) is 0 Å². The highest BCUT2D eigenvalue weighted by atomic mass is 32.2. The number of nitrogens with one attached hydrogen (secondary N) is 1. The standard InChI is InChI=1S/C13H18N4O2S2/c1-4-17(5-2)12-8-7-11(14-15-12)16-21(18,19)13-9-6-10(3)20-13/h6-9H,4-5H2,1-3H3,(H,14,16). The Bertz CT molecular complexity index is 691. The van der Waals surface area contributed by atoms with Gasteiger partial charge in [0.15, 0.2) is 11.6 Å².